The van der Waals surface area contributed by atoms with E-state index in [9.17, 15) is 30.2 Å². The van der Waals surface area contributed by atoms with E-state index in [1.54, 1.807) is 26.0 Å². The van der Waals surface area contributed by atoms with E-state index in [-0.39, 0.29) is 34.7 Å². The maximum absolute atomic E-state index is 13.0. The zero-order chi connectivity index (χ0) is 26.6. The monoisotopic (exact) mass is 502 g/mol. The summed E-state index contributed by atoms with van der Waals surface area (Å²) in [6.07, 6.45) is 1.29. The number of allylic oxidation sites excluding steroid dienone is 1. The van der Waals surface area contributed by atoms with Crippen molar-refractivity contribution < 1.29 is 19.2 Å². The lowest BCUT2D eigenvalue weighted by atomic mass is 10.0. The van der Waals surface area contributed by atoms with Gasteiger partial charge in [-0.2, -0.15) is 10.5 Å². The largest absolute Gasteiger partial charge is 0.462 e. The summed E-state index contributed by atoms with van der Waals surface area (Å²) in [5.41, 5.74) is 3.50. The van der Waals surface area contributed by atoms with Crippen molar-refractivity contribution >= 4 is 34.9 Å². The van der Waals surface area contributed by atoms with Crippen molar-refractivity contribution in [3.05, 3.63) is 83.9 Å². The van der Waals surface area contributed by atoms with Gasteiger partial charge in [0.25, 0.3) is 5.69 Å². The molecule has 0 N–H and O–H groups in total. The van der Waals surface area contributed by atoms with Gasteiger partial charge < -0.3 is 9.30 Å². The molecule has 10 heteroatoms. The van der Waals surface area contributed by atoms with Gasteiger partial charge >= 0.3 is 5.97 Å². The van der Waals surface area contributed by atoms with Crippen LogP contribution in [0.5, 0.6) is 0 Å². The molecule has 0 atom stereocenters. The highest BCUT2D eigenvalue weighted by molar-refractivity contribution is 7.14. The molecular weight excluding hydrogens is 480 g/mol. The first-order chi connectivity index (χ1) is 17.1. The van der Waals surface area contributed by atoms with Gasteiger partial charge in [0.05, 0.1) is 22.7 Å². The van der Waals surface area contributed by atoms with Crippen molar-refractivity contribution in [2.24, 2.45) is 0 Å². The number of ketones is 1. The van der Waals surface area contributed by atoms with Gasteiger partial charge in [-0.1, -0.05) is 0 Å². The Morgan fingerprint density at radius 1 is 1.19 bits per heavy atom. The van der Waals surface area contributed by atoms with Crippen LogP contribution in [0.15, 0.2) is 35.9 Å². The highest BCUT2D eigenvalue weighted by Crippen LogP contribution is 2.30. The zero-order valence-corrected chi connectivity index (χ0v) is 20.9. The Balaban J connectivity index is 1.94. The number of hydrogen-bond acceptors (Lipinski definition) is 8. The highest BCUT2D eigenvalue weighted by Gasteiger charge is 2.24. The van der Waals surface area contributed by atoms with Crippen LogP contribution >= 0.6 is 11.3 Å². The van der Waals surface area contributed by atoms with Crippen molar-refractivity contribution in [3.63, 3.8) is 0 Å². The predicted octanol–water partition coefficient (Wildman–Crippen LogP) is 5.14. The molecule has 0 radical (unpaired) electrons. The summed E-state index contributed by atoms with van der Waals surface area (Å²) in [5.74, 6) is -1.03. The number of aryl methyl sites for hydroxylation is 1. The molecule has 0 spiro atoms. The SMILES string of the molecule is CCOC(=O)c1sc(CC(=O)/C(C#N)=C/c2cc(C)n(-c3ccc([N+](=O)[O-])cc3)c2C)c(C#N)c1C. The molecule has 0 fully saturated rings. The number of nitrogens with zero attached hydrogens (tertiary/aromatic N) is 4. The van der Waals surface area contributed by atoms with Gasteiger partial charge in [-0.3, -0.25) is 14.9 Å². The van der Waals surface area contributed by atoms with E-state index in [4.69, 9.17) is 4.74 Å². The van der Waals surface area contributed by atoms with Crippen LogP contribution in [0.4, 0.5) is 5.69 Å². The normalized spacial score (nSPS) is 11.0. The Morgan fingerprint density at radius 3 is 2.42 bits per heavy atom. The Labute approximate surface area is 211 Å². The summed E-state index contributed by atoms with van der Waals surface area (Å²) < 4.78 is 6.91. The average Bonchev–Trinajstić information content (AvgIpc) is 3.31. The lowest BCUT2D eigenvalue weighted by Crippen LogP contribution is -2.05. The zero-order valence-electron chi connectivity index (χ0n) is 20.1. The Morgan fingerprint density at radius 2 is 1.86 bits per heavy atom. The van der Waals surface area contributed by atoms with E-state index in [1.165, 1.54) is 18.2 Å². The van der Waals surface area contributed by atoms with Crippen LogP contribution in [0, 0.1) is 53.5 Å². The topological polar surface area (TPSA) is 139 Å². The molecule has 2 heterocycles. The Hall–Kier alpha value is -4.54. The second kappa shape index (κ2) is 10.8. The van der Waals surface area contributed by atoms with Crippen LogP contribution in [0.2, 0.25) is 0 Å². The smallest absolute Gasteiger partial charge is 0.348 e. The standard InChI is InChI=1S/C26H22N4O5S/c1-5-35-26(32)25-16(3)22(14-28)24(36-25)12-23(31)19(13-27)11-18-10-15(2)29(17(18)4)20-6-8-21(9-7-20)30(33)34/h6-11H,5,12H2,1-4H3/b19-11+. The number of rotatable bonds is 8. The summed E-state index contributed by atoms with van der Waals surface area (Å²) in [6.45, 7) is 7.17. The number of carbonyl (C=O) groups excluding carboxylic acids is 2. The minimum atomic E-state index is -0.551. The number of benzene rings is 1. The van der Waals surface area contributed by atoms with Crippen LogP contribution in [0.3, 0.4) is 0 Å². The lowest BCUT2D eigenvalue weighted by Gasteiger charge is -2.09. The molecule has 0 saturated carbocycles. The quantitative estimate of drug-likeness (QED) is 0.137. The molecule has 0 amide bonds. The highest BCUT2D eigenvalue weighted by atomic mass is 32.1. The summed E-state index contributed by atoms with van der Waals surface area (Å²) in [6, 6.07) is 11.9. The second-order valence-corrected chi connectivity index (χ2v) is 9.00. The third-order valence-corrected chi connectivity index (χ3v) is 6.89. The van der Waals surface area contributed by atoms with Gasteiger partial charge in [-0.15, -0.1) is 11.3 Å². The third-order valence-electron chi connectivity index (χ3n) is 5.62. The number of ether oxygens (including phenoxy) is 1. The molecule has 0 saturated heterocycles. The van der Waals surface area contributed by atoms with Crippen molar-refractivity contribution in [3.8, 4) is 17.8 Å². The van der Waals surface area contributed by atoms with E-state index in [0.29, 0.717) is 21.7 Å². The van der Waals surface area contributed by atoms with Gasteiger partial charge in [0, 0.05) is 40.5 Å². The van der Waals surface area contributed by atoms with Gasteiger partial charge in [-0.25, -0.2) is 4.79 Å². The minimum absolute atomic E-state index is 0.0228. The first kappa shape index (κ1) is 26.1. The van der Waals surface area contributed by atoms with E-state index < -0.39 is 16.7 Å². The second-order valence-electron chi connectivity index (χ2n) is 7.89. The van der Waals surface area contributed by atoms with E-state index in [0.717, 1.165) is 22.7 Å². The minimum Gasteiger partial charge on any atom is -0.462 e. The molecule has 0 bridgehead atoms. The van der Waals surface area contributed by atoms with Crippen molar-refractivity contribution in [1.82, 2.24) is 4.57 Å². The van der Waals surface area contributed by atoms with Gasteiger partial charge in [0.1, 0.15) is 17.0 Å². The maximum Gasteiger partial charge on any atom is 0.348 e. The predicted molar refractivity (Wildman–Crippen MR) is 134 cm³/mol. The number of esters is 1. The van der Waals surface area contributed by atoms with Gasteiger partial charge in [-0.05, 0) is 63.1 Å². The number of nitriles is 2. The number of aromatic nitrogens is 1. The van der Waals surface area contributed by atoms with Crippen molar-refractivity contribution in [2.75, 3.05) is 6.61 Å². The number of hydrogen-bond donors (Lipinski definition) is 0. The van der Waals surface area contributed by atoms with Crippen LogP contribution < -0.4 is 0 Å². The van der Waals surface area contributed by atoms with Crippen molar-refractivity contribution in [1.29, 1.82) is 10.5 Å². The number of carbonyl (C=O) groups is 2. The Bertz CT molecular complexity index is 1480. The number of thiophene rings is 1. The van der Waals surface area contributed by atoms with Crippen LogP contribution in [-0.4, -0.2) is 27.8 Å². The number of Topliss-reactive ketones (excluding diaryl/α,β-unsaturated/α-hetero) is 1. The van der Waals surface area contributed by atoms with E-state index in [2.05, 4.69) is 0 Å². The molecule has 0 aliphatic rings. The van der Waals surface area contributed by atoms with Crippen LogP contribution in [-0.2, 0) is 16.0 Å². The van der Waals surface area contributed by atoms with Crippen molar-refractivity contribution in [2.45, 2.75) is 34.1 Å². The fraction of sp³-hybridized carbons (Fsp3) is 0.231. The number of nitro benzene ring substituents is 1. The van der Waals surface area contributed by atoms with E-state index in [1.807, 2.05) is 36.6 Å². The first-order valence-electron chi connectivity index (χ1n) is 10.9. The Kier molecular flexibility index (Phi) is 7.83. The molecule has 0 aliphatic heterocycles. The first-order valence-corrected chi connectivity index (χ1v) is 11.7. The third kappa shape index (κ3) is 5.09. The summed E-state index contributed by atoms with van der Waals surface area (Å²) in [5, 5.41) is 30.2. The fourth-order valence-electron chi connectivity index (χ4n) is 3.86. The molecule has 1 aromatic carbocycles. The van der Waals surface area contributed by atoms with E-state index >= 15 is 0 Å². The fourth-order valence-corrected chi connectivity index (χ4v) is 5.01. The summed E-state index contributed by atoms with van der Waals surface area (Å²) in [7, 11) is 0. The maximum atomic E-state index is 13.0. The molecule has 0 unspecified atom stereocenters. The van der Waals surface area contributed by atoms with Crippen LogP contribution in [0.25, 0.3) is 11.8 Å². The molecule has 2 aromatic heterocycles. The molecule has 3 rings (SSSR count). The van der Waals surface area contributed by atoms with Gasteiger partial charge in [0.2, 0.25) is 0 Å². The molecule has 9 nitrogen and oxygen atoms in total. The van der Waals surface area contributed by atoms with Crippen LogP contribution in [0.1, 0.15) is 49.6 Å². The van der Waals surface area contributed by atoms with Gasteiger partial charge in [0.15, 0.2) is 5.78 Å². The molecule has 36 heavy (non-hydrogen) atoms. The molecular formula is C26H22N4O5S. The summed E-state index contributed by atoms with van der Waals surface area (Å²) >= 11 is 1.02. The lowest BCUT2D eigenvalue weighted by molar-refractivity contribution is -0.384. The summed E-state index contributed by atoms with van der Waals surface area (Å²) in [4.78, 5) is 36.4. The molecule has 3 aromatic rings. The average molecular weight is 503 g/mol. The number of non-ortho nitro benzene ring substituents is 1. The molecule has 0 aliphatic carbocycles. The number of nitro groups is 1. The molecule has 182 valence electrons.